The minimum absolute atomic E-state index is 0.121. The lowest BCUT2D eigenvalue weighted by molar-refractivity contribution is 0.225. The van der Waals surface area contributed by atoms with Gasteiger partial charge in [-0.1, -0.05) is 52.1 Å². The van der Waals surface area contributed by atoms with Gasteiger partial charge in [0.05, 0.1) is 7.85 Å². The quantitative estimate of drug-likeness (QED) is 0.175. The minimum Gasteiger partial charge on any atom is -0.206 e. The van der Waals surface area contributed by atoms with Gasteiger partial charge in [0.2, 0.25) is 0 Å². The fourth-order valence-electron chi connectivity index (χ4n) is 5.05. The second kappa shape index (κ2) is 13.2. The molecule has 33 heavy (non-hydrogen) atoms. The Kier molecular flexibility index (Phi) is 11.0. The third-order valence-electron chi connectivity index (χ3n) is 7.48. The SMILES string of the molecule is [B]CC(CC)CCC(C)C1CCC(c2cc(F)c(/C(=C/C)C/C=C(/F)C(=C)F)c(F)c2)CC1. The molecule has 0 spiro atoms. The summed E-state index contributed by atoms with van der Waals surface area (Å²) in [6, 6.07) is 2.83. The van der Waals surface area contributed by atoms with E-state index < -0.39 is 23.3 Å². The van der Waals surface area contributed by atoms with Crippen molar-refractivity contribution in [1.29, 1.82) is 0 Å². The van der Waals surface area contributed by atoms with Crippen molar-refractivity contribution in [2.24, 2.45) is 17.8 Å². The van der Waals surface area contributed by atoms with E-state index in [0.717, 1.165) is 50.9 Å². The Balaban J connectivity index is 2.04. The van der Waals surface area contributed by atoms with Gasteiger partial charge < -0.3 is 0 Å². The van der Waals surface area contributed by atoms with E-state index in [1.165, 1.54) is 24.6 Å². The van der Waals surface area contributed by atoms with Gasteiger partial charge in [-0.25, -0.2) is 17.6 Å². The van der Waals surface area contributed by atoms with Crippen LogP contribution in [-0.4, -0.2) is 7.85 Å². The first-order valence-corrected chi connectivity index (χ1v) is 12.3. The van der Waals surface area contributed by atoms with Crippen LogP contribution in [0.15, 0.2) is 42.5 Å². The van der Waals surface area contributed by atoms with E-state index in [4.69, 9.17) is 7.85 Å². The molecule has 1 aromatic rings. The lowest BCUT2D eigenvalue weighted by Gasteiger charge is -2.33. The molecule has 0 amide bonds. The molecule has 1 fully saturated rings. The molecule has 0 saturated heterocycles. The highest BCUT2D eigenvalue weighted by Crippen LogP contribution is 2.41. The summed E-state index contributed by atoms with van der Waals surface area (Å²) in [6.45, 7) is 9.01. The van der Waals surface area contributed by atoms with Gasteiger partial charge in [-0.15, -0.1) is 0 Å². The van der Waals surface area contributed by atoms with Crippen LogP contribution in [0.1, 0.15) is 89.2 Å². The second-order valence-corrected chi connectivity index (χ2v) is 9.51. The standard InChI is InChI=1S/C28H37BF4/c1-5-20(17-29)8-7-18(3)22-9-11-23(12-10-22)24-15-26(32)28(27(33)16-24)21(6-2)13-14-25(31)19(4)30/h6,14-16,18,20,22-23H,4-5,7-13,17H2,1-3H3/b21-6+,25-14+. The van der Waals surface area contributed by atoms with Gasteiger partial charge in [0.25, 0.3) is 0 Å². The monoisotopic (exact) mass is 460 g/mol. The van der Waals surface area contributed by atoms with E-state index in [1.807, 2.05) is 0 Å². The van der Waals surface area contributed by atoms with Crippen LogP contribution >= 0.6 is 0 Å². The van der Waals surface area contributed by atoms with E-state index in [0.29, 0.717) is 23.3 Å². The molecule has 2 radical (unpaired) electrons. The van der Waals surface area contributed by atoms with Crippen LogP contribution in [0.5, 0.6) is 0 Å². The van der Waals surface area contributed by atoms with Gasteiger partial charge in [-0.3, -0.25) is 0 Å². The summed E-state index contributed by atoms with van der Waals surface area (Å²) in [5.41, 5.74) is 0.777. The van der Waals surface area contributed by atoms with E-state index in [-0.39, 0.29) is 23.5 Å². The van der Waals surface area contributed by atoms with Gasteiger partial charge in [-0.2, -0.15) is 0 Å². The maximum absolute atomic E-state index is 14.9. The Bertz CT molecular complexity index is 822. The molecule has 5 heteroatoms. The summed E-state index contributed by atoms with van der Waals surface area (Å²) in [6.07, 6.45) is 10.5. The summed E-state index contributed by atoms with van der Waals surface area (Å²) in [5.74, 6) is -1.62. The van der Waals surface area contributed by atoms with Crippen LogP contribution < -0.4 is 0 Å². The molecule has 2 atom stereocenters. The first-order valence-electron chi connectivity index (χ1n) is 12.3. The van der Waals surface area contributed by atoms with Gasteiger partial charge in [0.1, 0.15) is 11.6 Å². The maximum Gasteiger partial charge on any atom is 0.154 e. The number of halogens is 4. The summed E-state index contributed by atoms with van der Waals surface area (Å²) < 4.78 is 56.1. The molecular weight excluding hydrogens is 423 g/mol. The predicted molar refractivity (Wildman–Crippen MR) is 132 cm³/mol. The zero-order chi connectivity index (χ0) is 24.5. The molecule has 0 nitrogen and oxygen atoms in total. The minimum atomic E-state index is -1.20. The van der Waals surface area contributed by atoms with Gasteiger partial charge in [0.15, 0.2) is 11.7 Å². The number of hydrogen-bond donors (Lipinski definition) is 0. The number of hydrogen-bond acceptors (Lipinski definition) is 0. The molecule has 1 aliphatic rings. The van der Waals surface area contributed by atoms with E-state index >= 15 is 0 Å². The van der Waals surface area contributed by atoms with Crippen LogP contribution in [0, 0.1) is 29.4 Å². The Hall–Kier alpha value is -1.78. The van der Waals surface area contributed by atoms with Crippen molar-refractivity contribution in [3.63, 3.8) is 0 Å². The third kappa shape index (κ3) is 7.62. The average Bonchev–Trinajstić information content (AvgIpc) is 2.80. The smallest absolute Gasteiger partial charge is 0.154 e. The number of allylic oxidation sites excluding steroid dienone is 5. The normalized spacial score (nSPS) is 21.7. The molecular formula is C28H37BF4. The largest absolute Gasteiger partial charge is 0.206 e. The van der Waals surface area contributed by atoms with Crippen molar-refractivity contribution in [1.82, 2.24) is 0 Å². The summed E-state index contributed by atoms with van der Waals surface area (Å²) in [7, 11) is 5.83. The molecule has 1 saturated carbocycles. The molecule has 0 aromatic heterocycles. The van der Waals surface area contributed by atoms with Crippen LogP contribution in [0.25, 0.3) is 5.57 Å². The van der Waals surface area contributed by atoms with Crippen LogP contribution in [0.3, 0.4) is 0 Å². The van der Waals surface area contributed by atoms with Crippen molar-refractivity contribution < 1.29 is 17.6 Å². The second-order valence-electron chi connectivity index (χ2n) is 9.51. The molecule has 2 unspecified atom stereocenters. The third-order valence-corrected chi connectivity index (χ3v) is 7.48. The van der Waals surface area contributed by atoms with Crippen LogP contribution in [0.4, 0.5) is 17.6 Å². The molecule has 2 rings (SSSR count). The first kappa shape index (κ1) is 27.5. The van der Waals surface area contributed by atoms with E-state index in [9.17, 15) is 17.6 Å². The summed E-state index contributed by atoms with van der Waals surface area (Å²) in [4.78, 5) is 0. The van der Waals surface area contributed by atoms with E-state index in [2.05, 4.69) is 20.4 Å². The van der Waals surface area contributed by atoms with Crippen LogP contribution in [-0.2, 0) is 0 Å². The highest BCUT2D eigenvalue weighted by atomic mass is 19.2. The Morgan fingerprint density at radius 2 is 1.73 bits per heavy atom. The van der Waals surface area contributed by atoms with Gasteiger partial charge in [-0.05, 0) is 92.0 Å². The Labute approximate surface area is 198 Å². The molecule has 0 N–H and O–H groups in total. The molecule has 0 aliphatic heterocycles. The van der Waals surface area contributed by atoms with Crippen LogP contribution in [0.2, 0.25) is 6.32 Å². The molecule has 0 heterocycles. The lowest BCUT2D eigenvalue weighted by Crippen LogP contribution is -2.20. The summed E-state index contributed by atoms with van der Waals surface area (Å²) >= 11 is 0. The zero-order valence-electron chi connectivity index (χ0n) is 20.3. The van der Waals surface area contributed by atoms with Gasteiger partial charge >= 0.3 is 0 Å². The predicted octanol–water partition coefficient (Wildman–Crippen LogP) is 9.40. The highest BCUT2D eigenvalue weighted by molar-refractivity contribution is 6.08. The maximum atomic E-state index is 14.9. The fourth-order valence-corrected chi connectivity index (χ4v) is 5.05. The number of rotatable bonds is 11. The molecule has 0 bridgehead atoms. The van der Waals surface area contributed by atoms with Crippen molar-refractivity contribution in [2.45, 2.75) is 84.4 Å². The summed E-state index contributed by atoms with van der Waals surface area (Å²) in [5, 5.41) is 0. The lowest BCUT2D eigenvalue weighted by atomic mass is 9.72. The van der Waals surface area contributed by atoms with Crippen molar-refractivity contribution in [2.75, 3.05) is 0 Å². The molecule has 1 aliphatic carbocycles. The topological polar surface area (TPSA) is 0 Å². The zero-order valence-corrected chi connectivity index (χ0v) is 20.3. The van der Waals surface area contributed by atoms with Crippen molar-refractivity contribution >= 4 is 13.4 Å². The Morgan fingerprint density at radius 1 is 1.12 bits per heavy atom. The number of benzene rings is 1. The van der Waals surface area contributed by atoms with E-state index in [1.54, 1.807) is 6.92 Å². The van der Waals surface area contributed by atoms with Crippen molar-refractivity contribution in [3.05, 3.63) is 65.3 Å². The molecule has 1 aromatic carbocycles. The molecule has 180 valence electrons. The van der Waals surface area contributed by atoms with Crippen molar-refractivity contribution in [3.8, 4) is 0 Å². The first-order chi connectivity index (χ1) is 15.7. The highest BCUT2D eigenvalue weighted by Gasteiger charge is 2.27. The fraction of sp³-hybridized carbons (Fsp3) is 0.571. The average molecular weight is 460 g/mol. The van der Waals surface area contributed by atoms with Gasteiger partial charge in [0, 0.05) is 5.56 Å². The Morgan fingerprint density at radius 3 is 2.21 bits per heavy atom.